The van der Waals surface area contributed by atoms with E-state index in [9.17, 15) is 8.42 Å². The molecule has 33 heavy (non-hydrogen) atoms. The van der Waals surface area contributed by atoms with Gasteiger partial charge in [-0.2, -0.15) is 4.31 Å². The van der Waals surface area contributed by atoms with Gasteiger partial charge in [-0.3, -0.25) is 0 Å². The fourth-order valence-electron chi connectivity index (χ4n) is 6.27. The summed E-state index contributed by atoms with van der Waals surface area (Å²) >= 11 is 0. The van der Waals surface area contributed by atoms with Crippen LogP contribution in [0.15, 0.2) is 12.2 Å². The van der Waals surface area contributed by atoms with E-state index in [0.717, 1.165) is 38.6 Å². The molecule has 0 amide bonds. The number of hydrogen-bond acceptors (Lipinski definition) is 3. The minimum absolute atomic E-state index is 0.0953. The third kappa shape index (κ3) is 8.10. The zero-order valence-electron chi connectivity index (χ0n) is 22.1. The van der Waals surface area contributed by atoms with E-state index in [1.165, 1.54) is 38.5 Å². The number of hydrogen-bond donors (Lipinski definition) is 1. The van der Waals surface area contributed by atoms with Crippen molar-refractivity contribution < 1.29 is 8.42 Å². The van der Waals surface area contributed by atoms with Crippen molar-refractivity contribution in [3.63, 3.8) is 0 Å². The molecule has 8 atom stereocenters. The Kier molecular flexibility index (Phi) is 12.0. The lowest BCUT2D eigenvalue weighted by Gasteiger charge is -2.49. The van der Waals surface area contributed by atoms with E-state index in [1.54, 1.807) is 0 Å². The van der Waals surface area contributed by atoms with E-state index in [1.807, 2.05) is 18.2 Å². The van der Waals surface area contributed by atoms with Crippen LogP contribution in [0.25, 0.3) is 0 Å². The first-order chi connectivity index (χ1) is 15.6. The summed E-state index contributed by atoms with van der Waals surface area (Å²) in [5.41, 5.74) is 6.12. The van der Waals surface area contributed by atoms with E-state index in [-0.39, 0.29) is 23.3 Å². The lowest BCUT2D eigenvalue weighted by atomic mass is 9.74. The van der Waals surface area contributed by atoms with Gasteiger partial charge in [-0.25, -0.2) is 8.42 Å². The summed E-state index contributed by atoms with van der Waals surface area (Å²) in [7, 11) is 2.30. The quantitative estimate of drug-likeness (QED) is 0.356. The average Bonchev–Trinajstić information content (AvgIpc) is 2.77. The SMILES string of the molecule is CC(N)C1CCC(C)C(S(=O)(=O)N2CCCC3CCCC(C)C32)C1.[B]C(C)C/C=C\CCC. The molecular formula is C27H51BN2O2S. The number of nitrogens with two attached hydrogens (primary N) is 1. The topological polar surface area (TPSA) is 63.4 Å². The van der Waals surface area contributed by atoms with Crippen LogP contribution in [0, 0.1) is 23.7 Å². The molecule has 0 aromatic rings. The lowest BCUT2D eigenvalue weighted by molar-refractivity contribution is 0.0817. The summed E-state index contributed by atoms with van der Waals surface area (Å²) in [6.45, 7) is 11.4. The van der Waals surface area contributed by atoms with Crippen LogP contribution in [-0.4, -0.2) is 44.4 Å². The van der Waals surface area contributed by atoms with E-state index in [2.05, 4.69) is 32.9 Å². The van der Waals surface area contributed by atoms with Crippen molar-refractivity contribution in [1.29, 1.82) is 0 Å². The predicted octanol–water partition coefficient (Wildman–Crippen LogP) is 6.08. The van der Waals surface area contributed by atoms with Crippen LogP contribution >= 0.6 is 0 Å². The maximum atomic E-state index is 13.6. The summed E-state index contributed by atoms with van der Waals surface area (Å²) in [4.78, 5) is 0. The Hall–Kier alpha value is -0.325. The molecule has 0 aromatic heterocycles. The molecular weight excluding hydrogens is 427 g/mol. The van der Waals surface area contributed by atoms with Gasteiger partial charge in [-0.1, -0.05) is 58.5 Å². The summed E-state index contributed by atoms with van der Waals surface area (Å²) < 4.78 is 29.2. The Morgan fingerprint density at radius 1 is 1.03 bits per heavy atom. The number of rotatable bonds is 7. The van der Waals surface area contributed by atoms with Gasteiger partial charge in [0.1, 0.15) is 0 Å². The van der Waals surface area contributed by atoms with Crippen LogP contribution in [0.3, 0.4) is 0 Å². The number of piperidine rings is 1. The summed E-state index contributed by atoms with van der Waals surface area (Å²) in [5.74, 6) is 2.01. The predicted molar refractivity (Wildman–Crippen MR) is 143 cm³/mol. The van der Waals surface area contributed by atoms with Crippen molar-refractivity contribution in [3.05, 3.63) is 12.2 Å². The average molecular weight is 479 g/mol. The van der Waals surface area contributed by atoms with Gasteiger partial charge in [0, 0.05) is 18.6 Å². The van der Waals surface area contributed by atoms with Crippen LogP contribution in [0.1, 0.15) is 105 Å². The molecule has 6 heteroatoms. The van der Waals surface area contributed by atoms with Gasteiger partial charge in [0.2, 0.25) is 10.0 Å². The van der Waals surface area contributed by atoms with Crippen LogP contribution in [-0.2, 0) is 10.0 Å². The summed E-state index contributed by atoms with van der Waals surface area (Å²) in [6.07, 6.45) is 16.5. The molecule has 2 saturated carbocycles. The maximum Gasteiger partial charge on any atom is 0.217 e. The van der Waals surface area contributed by atoms with Crippen molar-refractivity contribution in [2.75, 3.05) is 6.54 Å². The minimum atomic E-state index is -3.23. The number of nitrogens with zero attached hydrogens (tertiary/aromatic N) is 1. The molecule has 1 heterocycles. The van der Waals surface area contributed by atoms with Crippen LogP contribution in [0.5, 0.6) is 0 Å². The number of unbranched alkanes of at least 4 members (excludes halogenated alkanes) is 1. The normalized spacial score (nSPS) is 35.3. The highest BCUT2D eigenvalue weighted by Crippen LogP contribution is 2.43. The zero-order valence-corrected chi connectivity index (χ0v) is 22.9. The zero-order chi connectivity index (χ0) is 24.6. The Labute approximate surface area is 207 Å². The van der Waals surface area contributed by atoms with Gasteiger partial charge in [-0.05, 0) is 88.4 Å². The molecule has 1 aliphatic heterocycles. The van der Waals surface area contributed by atoms with Crippen molar-refractivity contribution >= 4 is 17.9 Å². The van der Waals surface area contributed by atoms with Gasteiger partial charge < -0.3 is 5.73 Å². The Bertz CT molecular complexity index is 692. The number of fused-ring (bicyclic) bond motifs is 1. The van der Waals surface area contributed by atoms with Crippen molar-refractivity contribution in [1.82, 2.24) is 4.31 Å². The second kappa shape index (κ2) is 13.7. The van der Waals surface area contributed by atoms with Gasteiger partial charge in [0.05, 0.1) is 13.1 Å². The van der Waals surface area contributed by atoms with Crippen LogP contribution in [0.2, 0.25) is 5.82 Å². The van der Waals surface area contributed by atoms with Gasteiger partial charge in [0.15, 0.2) is 0 Å². The highest BCUT2D eigenvalue weighted by atomic mass is 32.2. The second-order valence-corrected chi connectivity index (χ2v) is 13.5. The molecule has 0 spiro atoms. The van der Waals surface area contributed by atoms with Crippen molar-refractivity contribution in [2.45, 2.75) is 128 Å². The molecule has 8 unspecified atom stereocenters. The molecule has 3 fully saturated rings. The summed E-state index contributed by atoms with van der Waals surface area (Å²) in [5, 5.41) is -0.227. The van der Waals surface area contributed by atoms with Crippen molar-refractivity contribution in [3.8, 4) is 0 Å². The van der Waals surface area contributed by atoms with E-state index in [4.69, 9.17) is 13.6 Å². The standard InChI is InChI=1S/C19H36N2O2S.C8H15B/c1-13-9-10-17(15(3)20)12-18(13)24(22,23)21-11-5-8-16-7-4-6-14(2)19(16)21;1-3-4-5-6-7-8(2)9/h13-19H,4-12,20H2,1-3H3;5-6,8H,3-4,7H2,1-2H3/b;6-5-. The van der Waals surface area contributed by atoms with Gasteiger partial charge in [0.25, 0.3) is 0 Å². The molecule has 0 bridgehead atoms. The smallest absolute Gasteiger partial charge is 0.217 e. The Morgan fingerprint density at radius 2 is 1.73 bits per heavy atom. The Balaban J connectivity index is 0.000000365. The van der Waals surface area contributed by atoms with E-state index in [0.29, 0.717) is 23.6 Å². The van der Waals surface area contributed by atoms with Gasteiger partial charge in [-0.15, -0.1) is 0 Å². The molecule has 1 saturated heterocycles. The van der Waals surface area contributed by atoms with Gasteiger partial charge >= 0.3 is 0 Å². The molecule has 3 rings (SSSR count). The number of allylic oxidation sites excluding steroid dienone is 2. The summed E-state index contributed by atoms with van der Waals surface area (Å²) in [6, 6.07) is 0.346. The third-order valence-corrected chi connectivity index (χ3v) is 10.8. The minimum Gasteiger partial charge on any atom is -0.328 e. The molecule has 3 aliphatic rings. The Morgan fingerprint density at radius 3 is 2.36 bits per heavy atom. The molecule has 0 aromatic carbocycles. The highest BCUT2D eigenvalue weighted by Gasteiger charge is 2.47. The van der Waals surface area contributed by atoms with Crippen LogP contribution < -0.4 is 5.73 Å². The molecule has 2 aliphatic carbocycles. The second-order valence-electron chi connectivity index (χ2n) is 11.4. The molecule has 190 valence electrons. The maximum absolute atomic E-state index is 13.6. The molecule has 2 N–H and O–H groups in total. The van der Waals surface area contributed by atoms with E-state index < -0.39 is 10.0 Å². The largest absolute Gasteiger partial charge is 0.328 e. The fraction of sp³-hybridized carbons (Fsp3) is 0.926. The van der Waals surface area contributed by atoms with E-state index >= 15 is 0 Å². The fourth-order valence-corrected chi connectivity index (χ4v) is 8.94. The first-order valence-electron chi connectivity index (χ1n) is 13.8. The number of sulfonamides is 1. The highest BCUT2D eigenvalue weighted by molar-refractivity contribution is 7.89. The van der Waals surface area contributed by atoms with Crippen molar-refractivity contribution in [2.24, 2.45) is 29.4 Å². The molecule has 4 nitrogen and oxygen atoms in total. The van der Waals surface area contributed by atoms with Crippen LogP contribution in [0.4, 0.5) is 0 Å². The first kappa shape index (κ1) is 28.9. The monoisotopic (exact) mass is 478 g/mol. The lowest BCUT2D eigenvalue weighted by Crippen LogP contribution is -2.57. The molecule has 2 radical (unpaired) electrons. The third-order valence-electron chi connectivity index (χ3n) is 8.33. The first-order valence-corrected chi connectivity index (χ1v) is 15.3.